The highest BCUT2D eigenvalue weighted by atomic mass is 32.2. The van der Waals surface area contributed by atoms with Crippen molar-refractivity contribution in [3.63, 3.8) is 0 Å². The van der Waals surface area contributed by atoms with Gasteiger partial charge in [0, 0.05) is 50.9 Å². The summed E-state index contributed by atoms with van der Waals surface area (Å²) in [6.45, 7) is 4.78. The van der Waals surface area contributed by atoms with Gasteiger partial charge in [-0.25, -0.2) is 0 Å². The van der Waals surface area contributed by atoms with Gasteiger partial charge in [-0.15, -0.1) is 0 Å². The highest BCUT2D eigenvalue weighted by Crippen LogP contribution is 2.33. The van der Waals surface area contributed by atoms with Crippen molar-refractivity contribution in [2.45, 2.75) is 38.1 Å². The average molecular weight is 324 g/mol. The zero-order chi connectivity index (χ0) is 16.0. The quantitative estimate of drug-likeness (QED) is 0.501. The van der Waals surface area contributed by atoms with E-state index >= 15 is 0 Å². The lowest BCUT2D eigenvalue weighted by Crippen LogP contribution is -2.03. The molecule has 23 heavy (non-hydrogen) atoms. The van der Waals surface area contributed by atoms with Crippen LogP contribution in [0.2, 0.25) is 0 Å². The Morgan fingerprint density at radius 1 is 1.04 bits per heavy atom. The van der Waals surface area contributed by atoms with Gasteiger partial charge in [0.25, 0.3) is 0 Å². The normalized spacial score (nSPS) is 15.7. The third-order valence-corrected chi connectivity index (χ3v) is 7.41. The number of benzene rings is 2. The van der Waals surface area contributed by atoms with Gasteiger partial charge >= 0.3 is 0 Å². The summed E-state index contributed by atoms with van der Waals surface area (Å²) in [5.41, 5.74) is 3.33. The Bertz CT molecular complexity index is 903. The number of carbonyl (C=O) groups is 1. The highest BCUT2D eigenvalue weighted by Gasteiger charge is 2.27. The van der Waals surface area contributed by atoms with Crippen molar-refractivity contribution < 1.29 is 4.79 Å². The second-order valence-corrected chi connectivity index (χ2v) is 8.59. The lowest BCUT2D eigenvalue weighted by molar-refractivity contribution is 0.101. The maximum Gasteiger partial charge on any atom is 0.159 e. The van der Waals surface area contributed by atoms with Gasteiger partial charge in [0.15, 0.2) is 10.7 Å². The Morgan fingerprint density at radius 3 is 2.35 bits per heavy atom. The van der Waals surface area contributed by atoms with Crippen molar-refractivity contribution in [1.82, 2.24) is 4.57 Å². The number of nitrogens with zero attached hydrogens (tertiary/aromatic N) is 1. The molecule has 0 N–H and O–H groups in total. The van der Waals surface area contributed by atoms with Gasteiger partial charge < -0.3 is 4.57 Å². The molecule has 0 atom stereocenters. The second kappa shape index (κ2) is 5.72. The van der Waals surface area contributed by atoms with Crippen LogP contribution in [-0.4, -0.2) is 21.9 Å². The first-order chi connectivity index (χ1) is 11.2. The molecule has 1 aliphatic heterocycles. The Morgan fingerprint density at radius 2 is 1.70 bits per heavy atom. The van der Waals surface area contributed by atoms with Crippen LogP contribution in [0, 0.1) is 0 Å². The van der Waals surface area contributed by atoms with Crippen molar-refractivity contribution >= 4 is 38.5 Å². The molecule has 0 unspecified atom stereocenters. The summed E-state index contributed by atoms with van der Waals surface area (Å²) in [5, 5.41) is 2.53. The lowest BCUT2D eigenvalue weighted by Gasteiger charge is -2.04. The number of Topliss-reactive ketones (excluding diaryl/α,β-unsaturated/α-hetero) is 1. The van der Waals surface area contributed by atoms with Crippen LogP contribution in [-0.2, 0) is 17.4 Å². The summed E-state index contributed by atoms with van der Waals surface area (Å²) in [6, 6.07) is 13.1. The van der Waals surface area contributed by atoms with Crippen LogP contribution in [0.15, 0.2) is 41.3 Å². The first kappa shape index (κ1) is 14.8. The van der Waals surface area contributed by atoms with Gasteiger partial charge in [0.1, 0.15) is 11.5 Å². The van der Waals surface area contributed by atoms with E-state index in [4.69, 9.17) is 0 Å². The highest BCUT2D eigenvalue weighted by molar-refractivity contribution is 7.97. The minimum Gasteiger partial charge on any atom is -0.341 e. The van der Waals surface area contributed by atoms with Gasteiger partial charge in [0.05, 0.1) is 0 Å². The van der Waals surface area contributed by atoms with Gasteiger partial charge in [-0.1, -0.05) is 0 Å². The molecule has 3 heteroatoms. The predicted octanol–water partition coefficient (Wildman–Crippen LogP) is 4.79. The summed E-state index contributed by atoms with van der Waals surface area (Å²) >= 11 is 0. The van der Waals surface area contributed by atoms with E-state index in [9.17, 15) is 4.79 Å². The van der Waals surface area contributed by atoms with Crippen molar-refractivity contribution in [2.24, 2.45) is 0 Å². The Kier molecular flexibility index (Phi) is 3.68. The topological polar surface area (TPSA) is 22.0 Å². The van der Waals surface area contributed by atoms with Gasteiger partial charge in [0.2, 0.25) is 0 Å². The Hall–Kier alpha value is -1.74. The van der Waals surface area contributed by atoms with Crippen molar-refractivity contribution in [3.05, 3.63) is 42.0 Å². The summed E-state index contributed by atoms with van der Waals surface area (Å²) in [5.74, 6) is 2.82. The van der Waals surface area contributed by atoms with Crippen molar-refractivity contribution in [2.75, 3.05) is 11.5 Å². The van der Waals surface area contributed by atoms with E-state index in [0.717, 1.165) is 12.1 Å². The monoisotopic (exact) mass is 324 g/mol. The number of hydrogen-bond acceptors (Lipinski definition) is 1. The van der Waals surface area contributed by atoms with Crippen LogP contribution in [0.3, 0.4) is 0 Å². The second-order valence-electron chi connectivity index (χ2n) is 6.32. The molecular weight excluding hydrogens is 302 g/mol. The largest absolute Gasteiger partial charge is 0.341 e. The molecule has 1 aliphatic rings. The standard InChI is InChI=1S/C20H22NOS/c1-3-21-19-8-6-15(14(2)22)12-17(19)18-13-16(7-9-20(18)21)23-10-4-5-11-23/h6-9,12-13H,3-5,10-11H2,1-2H3/q+1. The summed E-state index contributed by atoms with van der Waals surface area (Å²) in [6.07, 6.45) is 2.73. The fourth-order valence-electron chi connectivity index (χ4n) is 3.71. The summed E-state index contributed by atoms with van der Waals surface area (Å²) in [4.78, 5) is 13.3. The molecule has 2 nitrogen and oxygen atoms in total. The van der Waals surface area contributed by atoms with E-state index < -0.39 is 0 Å². The number of carbonyl (C=O) groups excluding carboxylic acids is 1. The number of fused-ring (bicyclic) bond motifs is 3. The molecule has 4 rings (SSSR count). The van der Waals surface area contributed by atoms with E-state index in [0.29, 0.717) is 10.9 Å². The van der Waals surface area contributed by atoms with Crippen LogP contribution in [0.1, 0.15) is 37.0 Å². The molecule has 118 valence electrons. The first-order valence-corrected chi connectivity index (χ1v) is 10.00. The fraction of sp³-hybridized carbons (Fsp3) is 0.350. The zero-order valence-electron chi connectivity index (χ0n) is 13.8. The van der Waals surface area contributed by atoms with Crippen molar-refractivity contribution in [3.8, 4) is 0 Å². The van der Waals surface area contributed by atoms with E-state index in [2.05, 4.69) is 41.8 Å². The van der Waals surface area contributed by atoms with Crippen LogP contribution in [0.4, 0.5) is 0 Å². The van der Waals surface area contributed by atoms with E-state index in [-0.39, 0.29) is 5.78 Å². The SMILES string of the molecule is CCn1c2ccc(C(C)=O)cc2c2cc([S+]3CCCC3)ccc21. The molecule has 0 spiro atoms. The fourth-order valence-corrected chi connectivity index (χ4v) is 6.04. The van der Waals surface area contributed by atoms with E-state index in [1.54, 1.807) is 6.92 Å². The smallest absolute Gasteiger partial charge is 0.159 e. The molecule has 3 aromatic rings. The summed E-state index contributed by atoms with van der Waals surface area (Å²) < 4.78 is 2.36. The molecule has 0 bridgehead atoms. The molecule has 0 radical (unpaired) electrons. The minimum absolute atomic E-state index is 0.137. The maximum atomic E-state index is 11.8. The van der Waals surface area contributed by atoms with Crippen LogP contribution < -0.4 is 0 Å². The number of aromatic nitrogens is 1. The molecule has 2 aromatic carbocycles. The van der Waals surface area contributed by atoms with Gasteiger partial charge in [-0.2, -0.15) is 0 Å². The van der Waals surface area contributed by atoms with Crippen LogP contribution in [0.25, 0.3) is 21.8 Å². The molecule has 1 fully saturated rings. The first-order valence-electron chi connectivity index (χ1n) is 8.43. The lowest BCUT2D eigenvalue weighted by atomic mass is 10.1. The van der Waals surface area contributed by atoms with Crippen LogP contribution in [0.5, 0.6) is 0 Å². The molecule has 0 saturated carbocycles. The molecule has 2 heterocycles. The number of hydrogen-bond donors (Lipinski definition) is 0. The summed E-state index contributed by atoms with van der Waals surface area (Å²) in [7, 11) is 0.427. The minimum atomic E-state index is 0.137. The Labute approximate surface area is 139 Å². The third kappa shape index (κ3) is 2.38. The maximum absolute atomic E-state index is 11.8. The van der Waals surface area contributed by atoms with Crippen LogP contribution >= 0.6 is 0 Å². The third-order valence-electron chi connectivity index (χ3n) is 4.92. The molecule has 0 aliphatic carbocycles. The van der Waals surface area contributed by atoms with Gasteiger partial charge in [-0.05, 0) is 57.0 Å². The predicted molar refractivity (Wildman–Crippen MR) is 99.7 cm³/mol. The zero-order valence-corrected chi connectivity index (χ0v) is 14.6. The van der Waals surface area contributed by atoms with Crippen molar-refractivity contribution in [1.29, 1.82) is 0 Å². The average Bonchev–Trinajstić information content (AvgIpc) is 3.19. The number of rotatable bonds is 3. The van der Waals surface area contributed by atoms with E-state index in [1.807, 2.05) is 6.07 Å². The van der Waals surface area contributed by atoms with E-state index in [1.165, 1.54) is 51.0 Å². The van der Waals surface area contributed by atoms with Gasteiger partial charge in [-0.3, -0.25) is 4.79 Å². The number of aryl methyl sites for hydroxylation is 1. The molecule has 1 saturated heterocycles. The Balaban J connectivity index is 1.99. The number of ketones is 1. The molecule has 0 amide bonds. The molecular formula is C20H22NOS+. The molecule has 1 aromatic heterocycles.